The molecule has 1 aliphatic heterocycles. The fraction of sp³-hybridized carbons (Fsp3) is 0.500. The van der Waals surface area contributed by atoms with E-state index in [0.29, 0.717) is 26.1 Å². The van der Waals surface area contributed by atoms with Gasteiger partial charge in [-0.05, 0) is 26.0 Å². The van der Waals surface area contributed by atoms with Gasteiger partial charge in [0, 0.05) is 31.9 Å². The highest BCUT2D eigenvalue weighted by Crippen LogP contribution is 2.23. The van der Waals surface area contributed by atoms with Crippen LogP contribution in [0.2, 0.25) is 0 Å². The van der Waals surface area contributed by atoms with Gasteiger partial charge in [0.15, 0.2) is 0 Å². The summed E-state index contributed by atoms with van der Waals surface area (Å²) in [6.45, 7) is 5.60. The molecule has 7 heteroatoms. The van der Waals surface area contributed by atoms with Gasteiger partial charge >= 0.3 is 0 Å². The van der Waals surface area contributed by atoms with Crippen molar-refractivity contribution in [3.05, 3.63) is 40.8 Å². The number of aryl methyl sites for hydroxylation is 2. The smallest absolute Gasteiger partial charge is 0.227 e. The molecule has 1 atom stereocenters. The predicted molar refractivity (Wildman–Crippen MR) is 95.4 cm³/mol. The van der Waals surface area contributed by atoms with Gasteiger partial charge in [-0.15, -0.1) is 0 Å². The maximum Gasteiger partial charge on any atom is 0.227 e. The van der Waals surface area contributed by atoms with Crippen molar-refractivity contribution in [2.24, 2.45) is 7.05 Å². The summed E-state index contributed by atoms with van der Waals surface area (Å²) in [7, 11) is 3.74. The zero-order chi connectivity index (χ0) is 18.0. The standard InChI is InChI=1S/C18H25N5O2/c1-12-14(13(2)22(4)21-12)10-18(24)23-8-9-25-16(11-23)15-6-5-7-17(19-3)20-15/h5-7,16H,8-11H2,1-4H3,(H,19,20)/t16-/m0/s1. The molecule has 0 spiro atoms. The minimum atomic E-state index is -0.193. The summed E-state index contributed by atoms with van der Waals surface area (Å²) in [4.78, 5) is 19.2. The highest BCUT2D eigenvalue weighted by Gasteiger charge is 2.27. The molecule has 0 radical (unpaired) electrons. The largest absolute Gasteiger partial charge is 0.373 e. The number of ether oxygens (including phenoxy) is 1. The van der Waals surface area contributed by atoms with Gasteiger partial charge in [-0.25, -0.2) is 4.98 Å². The average molecular weight is 343 g/mol. The molecular weight excluding hydrogens is 318 g/mol. The third kappa shape index (κ3) is 3.66. The number of rotatable bonds is 4. The van der Waals surface area contributed by atoms with Crippen molar-refractivity contribution in [1.29, 1.82) is 0 Å². The highest BCUT2D eigenvalue weighted by molar-refractivity contribution is 5.79. The Morgan fingerprint density at radius 2 is 2.20 bits per heavy atom. The monoisotopic (exact) mass is 343 g/mol. The fourth-order valence-corrected chi connectivity index (χ4v) is 3.16. The number of anilines is 1. The quantitative estimate of drug-likeness (QED) is 0.913. The first kappa shape index (κ1) is 17.4. The van der Waals surface area contributed by atoms with Gasteiger partial charge in [-0.3, -0.25) is 9.48 Å². The number of carbonyl (C=O) groups is 1. The number of morpholine rings is 1. The van der Waals surface area contributed by atoms with E-state index in [9.17, 15) is 4.79 Å². The van der Waals surface area contributed by atoms with Crippen LogP contribution < -0.4 is 5.32 Å². The third-order valence-corrected chi connectivity index (χ3v) is 4.76. The fourth-order valence-electron chi connectivity index (χ4n) is 3.16. The van der Waals surface area contributed by atoms with Crippen LogP contribution in [0.4, 0.5) is 5.82 Å². The van der Waals surface area contributed by atoms with Crippen LogP contribution in [0.5, 0.6) is 0 Å². The summed E-state index contributed by atoms with van der Waals surface area (Å²) in [6, 6.07) is 5.79. The van der Waals surface area contributed by atoms with Crippen molar-refractivity contribution in [3.8, 4) is 0 Å². The molecule has 1 aliphatic rings. The molecule has 3 rings (SSSR count). The molecule has 0 bridgehead atoms. The summed E-state index contributed by atoms with van der Waals surface area (Å²) in [5.41, 5.74) is 3.82. The van der Waals surface area contributed by atoms with Gasteiger partial charge in [-0.1, -0.05) is 6.07 Å². The summed E-state index contributed by atoms with van der Waals surface area (Å²) < 4.78 is 7.67. The second-order valence-corrected chi connectivity index (χ2v) is 6.35. The predicted octanol–water partition coefficient (Wildman–Crippen LogP) is 1.62. The van der Waals surface area contributed by atoms with Crippen LogP contribution in [-0.2, 0) is 23.0 Å². The molecule has 0 saturated carbocycles. The number of hydrogen-bond acceptors (Lipinski definition) is 5. The van der Waals surface area contributed by atoms with Crippen LogP contribution in [0.3, 0.4) is 0 Å². The Balaban J connectivity index is 1.71. The first-order valence-electron chi connectivity index (χ1n) is 8.52. The van der Waals surface area contributed by atoms with Crippen molar-refractivity contribution in [2.45, 2.75) is 26.4 Å². The average Bonchev–Trinajstić information content (AvgIpc) is 2.88. The van der Waals surface area contributed by atoms with E-state index >= 15 is 0 Å². The van der Waals surface area contributed by atoms with Crippen molar-refractivity contribution >= 4 is 11.7 Å². The minimum Gasteiger partial charge on any atom is -0.373 e. The van der Waals surface area contributed by atoms with Crippen molar-refractivity contribution in [1.82, 2.24) is 19.7 Å². The lowest BCUT2D eigenvalue weighted by atomic mass is 10.1. The Bertz CT molecular complexity index is 771. The number of hydrogen-bond donors (Lipinski definition) is 1. The lowest BCUT2D eigenvalue weighted by Crippen LogP contribution is -2.43. The number of aromatic nitrogens is 3. The lowest BCUT2D eigenvalue weighted by molar-refractivity contribution is -0.138. The van der Waals surface area contributed by atoms with E-state index in [1.54, 1.807) is 0 Å². The van der Waals surface area contributed by atoms with E-state index in [2.05, 4.69) is 15.4 Å². The van der Waals surface area contributed by atoms with Gasteiger partial charge in [0.25, 0.3) is 0 Å². The molecule has 1 saturated heterocycles. The van der Waals surface area contributed by atoms with Crippen LogP contribution in [0.1, 0.15) is 28.7 Å². The van der Waals surface area contributed by atoms with E-state index in [-0.39, 0.29) is 12.0 Å². The van der Waals surface area contributed by atoms with Gasteiger partial charge in [0.2, 0.25) is 5.91 Å². The summed E-state index contributed by atoms with van der Waals surface area (Å²) in [5.74, 6) is 0.906. The second-order valence-electron chi connectivity index (χ2n) is 6.35. The maximum atomic E-state index is 12.8. The van der Waals surface area contributed by atoms with Gasteiger partial charge in [0.1, 0.15) is 11.9 Å². The molecule has 2 aromatic rings. The zero-order valence-electron chi connectivity index (χ0n) is 15.2. The number of pyridine rings is 1. The van der Waals surface area contributed by atoms with Crippen molar-refractivity contribution in [3.63, 3.8) is 0 Å². The van der Waals surface area contributed by atoms with E-state index in [0.717, 1.165) is 28.5 Å². The summed E-state index contributed by atoms with van der Waals surface area (Å²) in [6.07, 6.45) is 0.185. The maximum absolute atomic E-state index is 12.8. The summed E-state index contributed by atoms with van der Waals surface area (Å²) in [5, 5.41) is 7.43. The lowest BCUT2D eigenvalue weighted by Gasteiger charge is -2.33. The first-order chi connectivity index (χ1) is 12.0. The molecule has 0 aliphatic carbocycles. The number of carbonyl (C=O) groups excluding carboxylic acids is 1. The van der Waals surface area contributed by atoms with E-state index in [1.165, 1.54) is 0 Å². The van der Waals surface area contributed by atoms with Gasteiger partial charge < -0.3 is 15.0 Å². The van der Waals surface area contributed by atoms with E-state index in [1.807, 2.05) is 55.7 Å². The molecule has 134 valence electrons. The van der Waals surface area contributed by atoms with Crippen LogP contribution in [0, 0.1) is 13.8 Å². The Hall–Kier alpha value is -2.41. The topological polar surface area (TPSA) is 72.3 Å². The normalized spacial score (nSPS) is 17.6. The van der Waals surface area contributed by atoms with Gasteiger partial charge in [0.05, 0.1) is 31.0 Å². The van der Waals surface area contributed by atoms with Crippen LogP contribution in [-0.4, -0.2) is 52.3 Å². The molecule has 0 unspecified atom stereocenters. The van der Waals surface area contributed by atoms with Gasteiger partial charge in [-0.2, -0.15) is 5.10 Å². The molecule has 1 amide bonds. The summed E-state index contributed by atoms with van der Waals surface area (Å²) >= 11 is 0. The highest BCUT2D eigenvalue weighted by atomic mass is 16.5. The molecule has 1 fully saturated rings. The number of nitrogens with one attached hydrogen (secondary N) is 1. The molecule has 3 heterocycles. The van der Waals surface area contributed by atoms with Crippen LogP contribution >= 0.6 is 0 Å². The Morgan fingerprint density at radius 3 is 2.88 bits per heavy atom. The number of nitrogens with zero attached hydrogens (tertiary/aromatic N) is 4. The Labute approximate surface area is 148 Å². The zero-order valence-corrected chi connectivity index (χ0v) is 15.2. The van der Waals surface area contributed by atoms with Crippen molar-refractivity contribution in [2.75, 3.05) is 32.1 Å². The van der Waals surface area contributed by atoms with Crippen molar-refractivity contribution < 1.29 is 9.53 Å². The molecule has 7 nitrogen and oxygen atoms in total. The van der Waals surface area contributed by atoms with Crippen LogP contribution in [0.15, 0.2) is 18.2 Å². The second kappa shape index (κ2) is 7.23. The molecule has 0 aromatic carbocycles. The molecule has 1 N–H and O–H groups in total. The number of amides is 1. The molecular formula is C18H25N5O2. The molecule has 2 aromatic heterocycles. The minimum absolute atomic E-state index is 0.109. The molecule has 25 heavy (non-hydrogen) atoms. The van der Waals surface area contributed by atoms with E-state index in [4.69, 9.17) is 4.74 Å². The Kier molecular flexibility index (Phi) is 5.03. The Morgan fingerprint density at radius 1 is 1.40 bits per heavy atom. The van der Waals surface area contributed by atoms with E-state index < -0.39 is 0 Å². The van der Waals surface area contributed by atoms with Crippen LogP contribution in [0.25, 0.3) is 0 Å². The third-order valence-electron chi connectivity index (χ3n) is 4.76. The first-order valence-corrected chi connectivity index (χ1v) is 8.52. The SMILES string of the molecule is CNc1cccc([C@@H]2CN(C(=O)Cc3c(C)nn(C)c3C)CCO2)n1.